The molecule has 3 heteroatoms. The number of likely N-dealkylation sites (N-methyl/N-ethyl adjacent to an activating group) is 1. The van der Waals surface area contributed by atoms with Gasteiger partial charge >= 0.3 is 0 Å². The molecule has 1 atom stereocenters. The summed E-state index contributed by atoms with van der Waals surface area (Å²) in [4.78, 5) is 7.16. The van der Waals surface area contributed by atoms with E-state index in [0.29, 0.717) is 6.04 Å². The first-order valence-electron chi connectivity index (χ1n) is 7.97. The van der Waals surface area contributed by atoms with Gasteiger partial charge in [0.25, 0.3) is 0 Å². The normalized spacial score (nSPS) is 19.6. The number of nitrogens with one attached hydrogen (secondary N) is 1. The van der Waals surface area contributed by atoms with Crippen molar-refractivity contribution in [2.24, 2.45) is 0 Å². The Morgan fingerprint density at radius 3 is 2.45 bits per heavy atom. The molecule has 2 heterocycles. The van der Waals surface area contributed by atoms with E-state index in [4.69, 9.17) is 0 Å². The van der Waals surface area contributed by atoms with Gasteiger partial charge in [0.2, 0.25) is 0 Å². The number of hydrogen-bond acceptors (Lipinski definition) is 3. The molecule has 0 saturated carbocycles. The zero-order chi connectivity index (χ0) is 14.4. The van der Waals surface area contributed by atoms with Crippen LogP contribution in [-0.2, 0) is 6.42 Å². The summed E-state index contributed by atoms with van der Waals surface area (Å²) >= 11 is 0. The van der Waals surface area contributed by atoms with Gasteiger partial charge in [0.1, 0.15) is 0 Å². The molecule has 112 valence electrons. The molecule has 0 spiro atoms. The molecule has 2 rings (SSSR count). The van der Waals surface area contributed by atoms with Crippen LogP contribution in [0.15, 0.2) is 24.4 Å². The van der Waals surface area contributed by atoms with E-state index in [1.807, 2.05) is 12.3 Å². The lowest BCUT2D eigenvalue weighted by molar-refractivity contribution is 0.0861. The van der Waals surface area contributed by atoms with Crippen LogP contribution in [0.1, 0.15) is 45.2 Å². The van der Waals surface area contributed by atoms with Gasteiger partial charge in [0.15, 0.2) is 0 Å². The van der Waals surface area contributed by atoms with Crippen LogP contribution in [0.3, 0.4) is 0 Å². The Morgan fingerprint density at radius 1 is 1.20 bits per heavy atom. The Balaban J connectivity index is 2.07. The minimum atomic E-state index is 0.163. The Bertz CT molecular complexity index is 380. The molecular formula is C17H29N3. The lowest BCUT2D eigenvalue weighted by Crippen LogP contribution is -2.58. The number of rotatable bonds is 5. The summed E-state index contributed by atoms with van der Waals surface area (Å²) in [6.07, 6.45) is 8.32. The monoisotopic (exact) mass is 275 g/mol. The standard InChI is InChI=1S/C17H29N3/c1-17(2,20-12-8-4-5-9-13-20)16(18-3)14-15-10-6-7-11-19-15/h6-7,10-11,16,18H,4-5,8-9,12-14H2,1-3H3. The van der Waals surface area contributed by atoms with E-state index in [1.54, 1.807) is 0 Å². The van der Waals surface area contributed by atoms with Gasteiger partial charge in [-0.1, -0.05) is 18.9 Å². The van der Waals surface area contributed by atoms with Crippen LogP contribution < -0.4 is 5.32 Å². The Hall–Kier alpha value is -0.930. The van der Waals surface area contributed by atoms with E-state index >= 15 is 0 Å². The summed E-state index contributed by atoms with van der Waals surface area (Å²) in [6.45, 7) is 7.21. The average Bonchev–Trinajstić information content (AvgIpc) is 2.75. The third-order valence-corrected chi connectivity index (χ3v) is 4.76. The topological polar surface area (TPSA) is 28.2 Å². The van der Waals surface area contributed by atoms with E-state index in [9.17, 15) is 0 Å². The molecule has 1 saturated heterocycles. The second-order valence-electron chi connectivity index (χ2n) is 6.42. The highest BCUT2D eigenvalue weighted by Crippen LogP contribution is 2.25. The van der Waals surface area contributed by atoms with Gasteiger partial charge in [0, 0.05) is 29.9 Å². The fourth-order valence-electron chi connectivity index (χ4n) is 3.30. The smallest absolute Gasteiger partial charge is 0.0419 e. The summed E-state index contributed by atoms with van der Waals surface area (Å²) in [5.41, 5.74) is 1.34. The molecule has 0 radical (unpaired) electrons. The van der Waals surface area contributed by atoms with Gasteiger partial charge in [-0.15, -0.1) is 0 Å². The van der Waals surface area contributed by atoms with Crippen molar-refractivity contribution < 1.29 is 0 Å². The van der Waals surface area contributed by atoms with Crippen molar-refractivity contribution in [2.45, 2.75) is 57.5 Å². The van der Waals surface area contributed by atoms with Crippen molar-refractivity contribution in [3.05, 3.63) is 30.1 Å². The maximum Gasteiger partial charge on any atom is 0.0419 e. The Labute approximate surface area is 123 Å². The average molecular weight is 275 g/mol. The first-order chi connectivity index (χ1) is 9.64. The van der Waals surface area contributed by atoms with E-state index in [2.05, 4.69) is 48.2 Å². The molecule has 0 aromatic carbocycles. The minimum Gasteiger partial charge on any atom is -0.315 e. The van der Waals surface area contributed by atoms with Crippen LogP contribution in [-0.4, -0.2) is 41.6 Å². The molecule has 1 fully saturated rings. The second-order valence-corrected chi connectivity index (χ2v) is 6.42. The van der Waals surface area contributed by atoms with E-state index in [-0.39, 0.29) is 5.54 Å². The highest BCUT2D eigenvalue weighted by Gasteiger charge is 2.34. The van der Waals surface area contributed by atoms with Crippen LogP contribution in [0.4, 0.5) is 0 Å². The molecule has 20 heavy (non-hydrogen) atoms. The molecule has 1 aromatic heterocycles. The quantitative estimate of drug-likeness (QED) is 0.895. The lowest BCUT2D eigenvalue weighted by atomic mass is 9.88. The zero-order valence-corrected chi connectivity index (χ0v) is 13.2. The molecule has 0 aliphatic carbocycles. The molecule has 1 aliphatic rings. The predicted molar refractivity (Wildman–Crippen MR) is 84.9 cm³/mol. The van der Waals surface area contributed by atoms with Crippen molar-refractivity contribution in [1.82, 2.24) is 15.2 Å². The maximum absolute atomic E-state index is 4.49. The summed E-state index contributed by atoms with van der Waals surface area (Å²) < 4.78 is 0. The van der Waals surface area contributed by atoms with E-state index in [1.165, 1.54) is 44.5 Å². The van der Waals surface area contributed by atoms with E-state index < -0.39 is 0 Å². The maximum atomic E-state index is 4.49. The van der Waals surface area contributed by atoms with Gasteiger partial charge in [-0.25, -0.2) is 0 Å². The summed E-state index contributed by atoms with van der Waals surface area (Å²) in [6, 6.07) is 6.62. The molecule has 0 amide bonds. The number of likely N-dealkylation sites (tertiary alicyclic amines) is 1. The number of nitrogens with zero attached hydrogens (tertiary/aromatic N) is 2. The Morgan fingerprint density at radius 2 is 1.90 bits per heavy atom. The minimum absolute atomic E-state index is 0.163. The number of pyridine rings is 1. The van der Waals surface area contributed by atoms with Crippen molar-refractivity contribution in [2.75, 3.05) is 20.1 Å². The summed E-state index contributed by atoms with van der Waals surface area (Å²) in [7, 11) is 2.08. The molecule has 0 bridgehead atoms. The molecule has 1 unspecified atom stereocenters. The van der Waals surface area contributed by atoms with Gasteiger partial charge in [-0.2, -0.15) is 0 Å². The number of aromatic nitrogens is 1. The molecule has 1 aromatic rings. The Kier molecular flexibility index (Phi) is 5.55. The highest BCUT2D eigenvalue weighted by molar-refractivity contribution is 5.08. The fraction of sp³-hybridized carbons (Fsp3) is 0.706. The van der Waals surface area contributed by atoms with Crippen LogP contribution in [0, 0.1) is 0 Å². The first kappa shape index (κ1) is 15.5. The lowest BCUT2D eigenvalue weighted by Gasteiger charge is -2.44. The van der Waals surface area contributed by atoms with Gasteiger partial charge in [-0.3, -0.25) is 9.88 Å². The van der Waals surface area contributed by atoms with Crippen molar-refractivity contribution in [1.29, 1.82) is 0 Å². The third-order valence-electron chi connectivity index (χ3n) is 4.76. The highest BCUT2D eigenvalue weighted by atomic mass is 15.2. The van der Waals surface area contributed by atoms with Crippen LogP contribution in [0.5, 0.6) is 0 Å². The van der Waals surface area contributed by atoms with Crippen LogP contribution in [0.25, 0.3) is 0 Å². The van der Waals surface area contributed by atoms with Crippen molar-refractivity contribution in [3.8, 4) is 0 Å². The third kappa shape index (κ3) is 3.80. The fourth-order valence-corrected chi connectivity index (χ4v) is 3.30. The summed E-state index contributed by atoms with van der Waals surface area (Å²) in [5.74, 6) is 0. The number of hydrogen-bond donors (Lipinski definition) is 1. The first-order valence-corrected chi connectivity index (χ1v) is 7.97. The SMILES string of the molecule is CNC(Cc1ccccn1)C(C)(C)N1CCCCCC1. The van der Waals surface area contributed by atoms with Gasteiger partial charge < -0.3 is 5.32 Å². The van der Waals surface area contributed by atoms with Crippen molar-refractivity contribution >= 4 is 0 Å². The summed E-state index contributed by atoms with van der Waals surface area (Å²) in [5, 5.41) is 3.53. The molecule has 3 nitrogen and oxygen atoms in total. The van der Waals surface area contributed by atoms with Crippen LogP contribution >= 0.6 is 0 Å². The van der Waals surface area contributed by atoms with Gasteiger partial charge in [0.05, 0.1) is 0 Å². The largest absolute Gasteiger partial charge is 0.315 e. The molecular weight excluding hydrogens is 246 g/mol. The zero-order valence-electron chi connectivity index (χ0n) is 13.2. The van der Waals surface area contributed by atoms with Crippen LogP contribution in [0.2, 0.25) is 0 Å². The van der Waals surface area contributed by atoms with E-state index in [0.717, 1.165) is 6.42 Å². The second kappa shape index (κ2) is 7.19. The van der Waals surface area contributed by atoms with Gasteiger partial charge in [-0.05, 0) is 59.0 Å². The molecule has 1 aliphatic heterocycles. The molecule has 1 N–H and O–H groups in total. The predicted octanol–water partition coefficient (Wildman–Crippen LogP) is 2.87. The van der Waals surface area contributed by atoms with Crippen molar-refractivity contribution in [3.63, 3.8) is 0 Å².